The van der Waals surface area contributed by atoms with Gasteiger partial charge in [0.15, 0.2) is 11.3 Å². The van der Waals surface area contributed by atoms with Gasteiger partial charge in [-0.15, -0.1) is 0 Å². The molecule has 4 aromatic heterocycles. The molecule has 0 aliphatic heterocycles. The number of anilines is 1. The maximum atomic E-state index is 4.45. The summed E-state index contributed by atoms with van der Waals surface area (Å²) in [5.41, 5.74) is 4.25. The van der Waals surface area contributed by atoms with Gasteiger partial charge in [-0.05, 0) is 30.4 Å². The number of aryl methyl sites for hydroxylation is 1. The summed E-state index contributed by atoms with van der Waals surface area (Å²) < 4.78 is 0. The Hall–Kier alpha value is -3.03. The van der Waals surface area contributed by atoms with Crippen LogP contribution in [0.15, 0.2) is 24.9 Å². The molecule has 1 atom stereocenters. The van der Waals surface area contributed by atoms with Crippen LogP contribution in [-0.2, 0) is 12.8 Å². The Morgan fingerprint density at radius 1 is 0.957 bits per heavy atom. The molecule has 5 rings (SSSR count). The topological polar surface area (TPSA) is 108 Å². The minimum Gasteiger partial charge on any atom is -0.366 e. The molecule has 3 N–H and O–H groups in total. The molecule has 1 aliphatic rings. The summed E-state index contributed by atoms with van der Waals surface area (Å²) in [4.78, 5) is 13.0. The summed E-state index contributed by atoms with van der Waals surface area (Å²) in [6.45, 7) is 0. The Bertz CT molecular complexity index is 1000. The summed E-state index contributed by atoms with van der Waals surface area (Å²) >= 11 is 0. The minimum absolute atomic E-state index is 0.321. The first kappa shape index (κ1) is 12.5. The van der Waals surface area contributed by atoms with Gasteiger partial charge < -0.3 is 5.32 Å². The molecule has 0 bridgehead atoms. The third-order valence-electron chi connectivity index (χ3n) is 4.48. The Balaban J connectivity index is 1.46. The monoisotopic (exact) mass is 306 g/mol. The lowest BCUT2D eigenvalue weighted by Crippen LogP contribution is -2.28. The molecule has 23 heavy (non-hydrogen) atoms. The van der Waals surface area contributed by atoms with Crippen LogP contribution in [0.25, 0.3) is 22.1 Å². The number of aromatic amines is 2. The van der Waals surface area contributed by atoms with Gasteiger partial charge in [-0.1, -0.05) is 0 Å². The molecule has 8 nitrogen and oxygen atoms in total. The minimum atomic E-state index is 0.321. The fourth-order valence-electron chi connectivity index (χ4n) is 3.35. The van der Waals surface area contributed by atoms with Gasteiger partial charge in [0.1, 0.15) is 12.1 Å². The zero-order valence-electron chi connectivity index (χ0n) is 12.2. The molecule has 0 fully saturated rings. The smallest absolute Gasteiger partial charge is 0.160 e. The van der Waals surface area contributed by atoms with Crippen LogP contribution >= 0.6 is 0 Å². The first-order valence-corrected chi connectivity index (χ1v) is 7.59. The van der Waals surface area contributed by atoms with Crippen molar-refractivity contribution in [2.75, 3.05) is 5.32 Å². The highest BCUT2D eigenvalue weighted by atomic mass is 15.2. The average Bonchev–Trinajstić information content (AvgIpc) is 3.24. The first-order chi connectivity index (χ1) is 11.4. The summed E-state index contributed by atoms with van der Waals surface area (Å²) in [7, 11) is 0. The van der Waals surface area contributed by atoms with Gasteiger partial charge in [0, 0.05) is 17.6 Å². The molecule has 1 unspecified atom stereocenters. The molecule has 4 heterocycles. The van der Waals surface area contributed by atoms with Crippen molar-refractivity contribution < 1.29 is 0 Å². The Morgan fingerprint density at radius 3 is 2.70 bits per heavy atom. The van der Waals surface area contributed by atoms with E-state index in [2.05, 4.69) is 40.7 Å². The summed E-state index contributed by atoms with van der Waals surface area (Å²) in [5, 5.41) is 19.5. The van der Waals surface area contributed by atoms with E-state index in [9.17, 15) is 0 Å². The number of rotatable bonds is 2. The zero-order valence-corrected chi connectivity index (χ0v) is 12.2. The van der Waals surface area contributed by atoms with E-state index in [0.29, 0.717) is 6.04 Å². The van der Waals surface area contributed by atoms with Crippen LogP contribution < -0.4 is 5.32 Å². The van der Waals surface area contributed by atoms with Gasteiger partial charge >= 0.3 is 0 Å². The van der Waals surface area contributed by atoms with Crippen molar-refractivity contribution in [3.8, 4) is 0 Å². The quantitative estimate of drug-likeness (QED) is 0.519. The number of hydrogen-bond acceptors (Lipinski definition) is 6. The highest BCUT2D eigenvalue weighted by molar-refractivity contribution is 5.85. The van der Waals surface area contributed by atoms with Crippen LogP contribution in [0.3, 0.4) is 0 Å². The molecule has 8 heteroatoms. The Morgan fingerprint density at radius 2 is 1.78 bits per heavy atom. The van der Waals surface area contributed by atoms with E-state index in [1.807, 2.05) is 12.4 Å². The van der Waals surface area contributed by atoms with Crippen molar-refractivity contribution in [1.29, 1.82) is 0 Å². The third-order valence-corrected chi connectivity index (χ3v) is 4.48. The molecule has 0 spiro atoms. The van der Waals surface area contributed by atoms with Crippen molar-refractivity contribution in [3.63, 3.8) is 0 Å². The van der Waals surface area contributed by atoms with Crippen LogP contribution in [0.4, 0.5) is 5.82 Å². The van der Waals surface area contributed by atoms with E-state index in [-0.39, 0.29) is 0 Å². The van der Waals surface area contributed by atoms with Crippen LogP contribution in [0.2, 0.25) is 0 Å². The number of pyridine rings is 1. The number of aromatic nitrogens is 7. The van der Waals surface area contributed by atoms with Gasteiger partial charge in [0.25, 0.3) is 0 Å². The molecule has 4 aromatic rings. The lowest BCUT2D eigenvalue weighted by molar-refractivity contribution is 0.610. The zero-order chi connectivity index (χ0) is 15.2. The molecule has 114 valence electrons. The number of fused-ring (bicyclic) bond motifs is 4. The second-order valence-corrected chi connectivity index (χ2v) is 5.83. The van der Waals surface area contributed by atoms with Crippen molar-refractivity contribution in [1.82, 2.24) is 35.3 Å². The first-order valence-electron chi connectivity index (χ1n) is 7.59. The SMILES string of the molecule is c1nc(NC2CCc3c(cnc4[nH]ncc34)C2)c2cn[nH]c2n1. The van der Waals surface area contributed by atoms with Crippen molar-refractivity contribution in [2.24, 2.45) is 0 Å². The van der Waals surface area contributed by atoms with E-state index in [4.69, 9.17) is 0 Å². The van der Waals surface area contributed by atoms with Gasteiger partial charge in [-0.3, -0.25) is 10.2 Å². The number of nitrogens with one attached hydrogen (secondary N) is 3. The summed E-state index contributed by atoms with van der Waals surface area (Å²) in [5.74, 6) is 0.828. The molecule has 0 saturated heterocycles. The van der Waals surface area contributed by atoms with Gasteiger partial charge in [-0.2, -0.15) is 10.2 Å². The molecule has 0 radical (unpaired) electrons. The van der Waals surface area contributed by atoms with Gasteiger partial charge in [0.2, 0.25) is 0 Å². The lowest BCUT2D eigenvalue weighted by atomic mass is 9.88. The lowest BCUT2D eigenvalue weighted by Gasteiger charge is -2.26. The molecule has 0 saturated carbocycles. The normalized spacial score (nSPS) is 17.5. The summed E-state index contributed by atoms with van der Waals surface area (Å²) in [6, 6.07) is 0.321. The van der Waals surface area contributed by atoms with Crippen LogP contribution in [0.1, 0.15) is 17.5 Å². The van der Waals surface area contributed by atoms with E-state index in [0.717, 1.165) is 47.1 Å². The van der Waals surface area contributed by atoms with Crippen molar-refractivity contribution >= 4 is 27.9 Å². The van der Waals surface area contributed by atoms with Crippen molar-refractivity contribution in [3.05, 3.63) is 36.0 Å². The summed E-state index contributed by atoms with van der Waals surface area (Å²) in [6.07, 6.45) is 10.1. The fraction of sp³-hybridized carbons (Fsp3) is 0.267. The van der Waals surface area contributed by atoms with Crippen LogP contribution in [0, 0.1) is 0 Å². The van der Waals surface area contributed by atoms with Crippen LogP contribution in [-0.4, -0.2) is 41.4 Å². The standard InChI is InChI=1S/C15H14N8/c1-2-10-8(4-16-14-11(10)5-19-22-14)3-9(1)21-13-12-6-20-23-15(12)18-7-17-13/h4-7,9H,1-3H2,(H,16,19,22)(H2,17,18,20,21,23). The van der Waals surface area contributed by atoms with Gasteiger partial charge in [-0.25, -0.2) is 15.0 Å². The Kier molecular flexibility index (Phi) is 2.57. The maximum Gasteiger partial charge on any atom is 0.160 e. The van der Waals surface area contributed by atoms with E-state index >= 15 is 0 Å². The predicted octanol–water partition coefficient (Wildman–Crippen LogP) is 1.59. The molecular weight excluding hydrogens is 292 g/mol. The number of H-pyrrole nitrogens is 2. The van der Waals surface area contributed by atoms with E-state index < -0.39 is 0 Å². The number of hydrogen-bond donors (Lipinski definition) is 3. The second-order valence-electron chi connectivity index (χ2n) is 5.83. The highest BCUT2D eigenvalue weighted by Gasteiger charge is 2.22. The number of nitrogens with zero attached hydrogens (tertiary/aromatic N) is 5. The van der Waals surface area contributed by atoms with E-state index in [1.54, 1.807) is 12.5 Å². The molecule has 1 aliphatic carbocycles. The molecule has 0 amide bonds. The maximum absolute atomic E-state index is 4.45. The Labute approximate surface area is 130 Å². The van der Waals surface area contributed by atoms with Gasteiger partial charge in [0.05, 0.1) is 17.8 Å². The molecule has 0 aromatic carbocycles. The largest absolute Gasteiger partial charge is 0.366 e. The second kappa shape index (κ2) is 4.73. The van der Waals surface area contributed by atoms with Crippen molar-refractivity contribution in [2.45, 2.75) is 25.3 Å². The fourth-order valence-corrected chi connectivity index (χ4v) is 3.35. The average molecular weight is 306 g/mol. The predicted molar refractivity (Wildman–Crippen MR) is 85.0 cm³/mol. The third kappa shape index (κ3) is 1.95. The van der Waals surface area contributed by atoms with E-state index in [1.165, 1.54) is 11.1 Å². The van der Waals surface area contributed by atoms with Crippen LogP contribution in [0.5, 0.6) is 0 Å². The molecular formula is C15H14N8. The highest BCUT2D eigenvalue weighted by Crippen LogP contribution is 2.28.